The second-order valence-electron chi connectivity index (χ2n) is 7.37. The van der Waals surface area contributed by atoms with Gasteiger partial charge in [-0.05, 0) is 44.2 Å². The van der Waals surface area contributed by atoms with Crippen LogP contribution in [0.2, 0.25) is 0 Å². The highest BCUT2D eigenvalue weighted by Gasteiger charge is 2.21. The van der Waals surface area contributed by atoms with E-state index in [-0.39, 0.29) is 17.7 Å². The van der Waals surface area contributed by atoms with Crippen molar-refractivity contribution in [3.8, 4) is 11.3 Å². The number of aromatic carboxylic acids is 1. The zero-order chi connectivity index (χ0) is 20.4. The van der Waals surface area contributed by atoms with Gasteiger partial charge in [-0.2, -0.15) is 5.10 Å². The lowest BCUT2D eigenvalue weighted by Crippen LogP contribution is -2.21. The Labute approximate surface area is 168 Å². The summed E-state index contributed by atoms with van der Waals surface area (Å²) in [5.74, 6) is -0.614. The van der Waals surface area contributed by atoms with E-state index in [1.54, 1.807) is 36.7 Å². The van der Waals surface area contributed by atoms with Gasteiger partial charge < -0.3 is 15.5 Å². The largest absolute Gasteiger partial charge is 0.478 e. The average Bonchev–Trinajstić information content (AvgIpc) is 3.18. The van der Waals surface area contributed by atoms with E-state index < -0.39 is 5.97 Å². The minimum absolute atomic E-state index is 0.201. The summed E-state index contributed by atoms with van der Waals surface area (Å²) in [5, 5.41) is 26.7. The van der Waals surface area contributed by atoms with Gasteiger partial charge in [0.2, 0.25) is 5.95 Å². The third-order valence-electron chi connectivity index (χ3n) is 5.28. The van der Waals surface area contributed by atoms with Crippen LogP contribution >= 0.6 is 0 Å². The number of carboxylic acids is 1. The van der Waals surface area contributed by atoms with Crippen LogP contribution < -0.4 is 5.32 Å². The van der Waals surface area contributed by atoms with Crippen molar-refractivity contribution in [2.75, 3.05) is 5.32 Å². The number of aromatic nitrogens is 4. The SMILES string of the molecule is Cc1cnc(Nc2cnn(C3CCC(O)CC3)c2)nc1-c1ccccc1C(=O)O. The molecule has 8 heteroatoms. The molecule has 150 valence electrons. The number of hydrogen-bond donors (Lipinski definition) is 3. The quantitative estimate of drug-likeness (QED) is 0.607. The van der Waals surface area contributed by atoms with Crippen LogP contribution in [-0.4, -0.2) is 42.0 Å². The fourth-order valence-corrected chi connectivity index (χ4v) is 3.71. The third kappa shape index (κ3) is 4.12. The fraction of sp³-hybridized carbons (Fsp3) is 0.333. The summed E-state index contributed by atoms with van der Waals surface area (Å²) in [5.41, 5.74) is 2.89. The number of nitrogens with zero attached hydrogens (tertiary/aromatic N) is 4. The van der Waals surface area contributed by atoms with Crippen LogP contribution in [-0.2, 0) is 0 Å². The van der Waals surface area contributed by atoms with Crippen molar-refractivity contribution in [2.45, 2.75) is 44.8 Å². The van der Waals surface area contributed by atoms with Gasteiger partial charge >= 0.3 is 5.97 Å². The molecule has 0 radical (unpaired) electrons. The zero-order valence-corrected chi connectivity index (χ0v) is 16.1. The lowest BCUT2D eigenvalue weighted by atomic mass is 9.93. The fourth-order valence-electron chi connectivity index (χ4n) is 3.71. The minimum Gasteiger partial charge on any atom is -0.478 e. The van der Waals surface area contributed by atoms with Crippen molar-refractivity contribution >= 4 is 17.6 Å². The van der Waals surface area contributed by atoms with E-state index in [2.05, 4.69) is 20.4 Å². The number of aliphatic hydroxyl groups is 1. The Morgan fingerprint density at radius 2 is 1.93 bits per heavy atom. The number of aliphatic hydroxyl groups excluding tert-OH is 1. The van der Waals surface area contributed by atoms with Crippen molar-refractivity contribution in [1.82, 2.24) is 19.7 Å². The van der Waals surface area contributed by atoms with Crippen LogP contribution in [0.3, 0.4) is 0 Å². The Balaban J connectivity index is 1.57. The topological polar surface area (TPSA) is 113 Å². The number of hydrogen-bond acceptors (Lipinski definition) is 6. The van der Waals surface area contributed by atoms with Crippen LogP contribution in [0.4, 0.5) is 11.6 Å². The molecule has 0 atom stereocenters. The molecular weight excluding hydrogens is 370 g/mol. The van der Waals surface area contributed by atoms with Gasteiger partial charge in [0, 0.05) is 18.0 Å². The number of rotatable bonds is 5. The molecular formula is C21H23N5O3. The highest BCUT2D eigenvalue weighted by atomic mass is 16.4. The van der Waals surface area contributed by atoms with Crippen molar-refractivity contribution in [3.05, 3.63) is 54.0 Å². The van der Waals surface area contributed by atoms with E-state index in [1.165, 1.54) is 0 Å². The summed E-state index contributed by atoms with van der Waals surface area (Å²) in [6.07, 6.45) is 8.50. The lowest BCUT2D eigenvalue weighted by Gasteiger charge is -2.25. The van der Waals surface area contributed by atoms with Gasteiger partial charge in [-0.25, -0.2) is 14.8 Å². The lowest BCUT2D eigenvalue weighted by molar-refractivity contribution is 0.0697. The number of carbonyl (C=O) groups is 1. The second-order valence-corrected chi connectivity index (χ2v) is 7.37. The van der Waals surface area contributed by atoms with Crippen molar-refractivity contribution in [3.63, 3.8) is 0 Å². The molecule has 1 fully saturated rings. The Morgan fingerprint density at radius 3 is 2.69 bits per heavy atom. The summed E-state index contributed by atoms with van der Waals surface area (Å²) >= 11 is 0. The van der Waals surface area contributed by atoms with Crippen LogP contribution in [0, 0.1) is 6.92 Å². The van der Waals surface area contributed by atoms with Gasteiger partial charge in [-0.1, -0.05) is 18.2 Å². The summed E-state index contributed by atoms with van der Waals surface area (Å²) in [6, 6.07) is 7.09. The molecule has 3 N–H and O–H groups in total. The average molecular weight is 393 g/mol. The molecule has 0 aliphatic heterocycles. The maximum Gasteiger partial charge on any atom is 0.336 e. The molecule has 8 nitrogen and oxygen atoms in total. The summed E-state index contributed by atoms with van der Waals surface area (Å²) in [6.45, 7) is 1.85. The van der Waals surface area contributed by atoms with Gasteiger partial charge in [-0.3, -0.25) is 4.68 Å². The monoisotopic (exact) mass is 393 g/mol. The first kappa shape index (κ1) is 19.1. The first-order valence-electron chi connectivity index (χ1n) is 9.67. The molecule has 29 heavy (non-hydrogen) atoms. The molecule has 0 unspecified atom stereocenters. The van der Waals surface area contributed by atoms with Gasteiger partial charge in [0.05, 0.1) is 35.3 Å². The first-order valence-corrected chi connectivity index (χ1v) is 9.67. The molecule has 2 aromatic heterocycles. The Kier molecular flexibility index (Phi) is 5.26. The summed E-state index contributed by atoms with van der Waals surface area (Å²) in [7, 11) is 0. The maximum absolute atomic E-state index is 11.6. The van der Waals surface area contributed by atoms with Crippen molar-refractivity contribution in [2.24, 2.45) is 0 Å². The van der Waals surface area contributed by atoms with Crippen LogP contribution in [0.1, 0.15) is 47.6 Å². The molecule has 1 saturated carbocycles. The molecule has 1 aromatic carbocycles. The number of benzene rings is 1. The standard InChI is InChI=1S/C21H23N5O3/c1-13-10-22-21(25-19(13)17-4-2-3-5-18(17)20(28)29)24-14-11-23-26(12-14)15-6-8-16(27)9-7-15/h2-5,10-12,15-16,27H,6-9H2,1H3,(H,28,29)(H,22,24,25). The maximum atomic E-state index is 11.6. The number of nitrogens with one attached hydrogen (secondary N) is 1. The highest BCUT2D eigenvalue weighted by Crippen LogP contribution is 2.30. The third-order valence-corrected chi connectivity index (χ3v) is 5.28. The Hall–Kier alpha value is -3.26. The molecule has 1 aliphatic carbocycles. The molecule has 0 amide bonds. The summed E-state index contributed by atoms with van der Waals surface area (Å²) in [4.78, 5) is 20.5. The highest BCUT2D eigenvalue weighted by molar-refractivity contribution is 5.95. The predicted molar refractivity (Wildman–Crippen MR) is 108 cm³/mol. The van der Waals surface area contributed by atoms with Crippen LogP contribution in [0.15, 0.2) is 42.9 Å². The van der Waals surface area contributed by atoms with E-state index in [1.807, 2.05) is 17.8 Å². The van der Waals surface area contributed by atoms with Gasteiger partial charge in [0.1, 0.15) is 0 Å². The second kappa shape index (κ2) is 8.00. The van der Waals surface area contributed by atoms with Crippen LogP contribution in [0.25, 0.3) is 11.3 Å². The van der Waals surface area contributed by atoms with E-state index >= 15 is 0 Å². The Bertz CT molecular complexity index is 1020. The predicted octanol–water partition coefficient (Wildman–Crippen LogP) is 3.57. The van der Waals surface area contributed by atoms with E-state index in [0.29, 0.717) is 17.2 Å². The molecule has 0 bridgehead atoms. The van der Waals surface area contributed by atoms with E-state index in [9.17, 15) is 15.0 Å². The molecule has 0 spiro atoms. The van der Waals surface area contributed by atoms with Gasteiger partial charge in [0.15, 0.2) is 0 Å². The molecule has 0 saturated heterocycles. The smallest absolute Gasteiger partial charge is 0.336 e. The first-order chi connectivity index (χ1) is 14.0. The molecule has 2 heterocycles. The minimum atomic E-state index is -0.994. The Morgan fingerprint density at radius 1 is 1.17 bits per heavy atom. The van der Waals surface area contributed by atoms with Gasteiger partial charge in [0.25, 0.3) is 0 Å². The zero-order valence-electron chi connectivity index (χ0n) is 16.1. The van der Waals surface area contributed by atoms with E-state index in [0.717, 1.165) is 36.9 Å². The molecule has 3 aromatic rings. The molecule has 4 rings (SSSR count). The van der Waals surface area contributed by atoms with E-state index in [4.69, 9.17) is 0 Å². The summed E-state index contributed by atoms with van der Waals surface area (Å²) < 4.78 is 1.92. The van der Waals surface area contributed by atoms with Crippen molar-refractivity contribution < 1.29 is 15.0 Å². The van der Waals surface area contributed by atoms with Gasteiger partial charge in [-0.15, -0.1) is 0 Å². The molecule has 1 aliphatic rings. The van der Waals surface area contributed by atoms with Crippen molar-refractivity contribution in [1.29, 1.82) is 0 Å². The number of anilines is 2. The number of aryl methyl sites for hydroxylation is 1. The number of carboxylic acid groups (broad SMARTS) is 1. The normalized spacial score (nSPS) is 19.1. The van der Waals surface area contributed by atoms with Crippen LogP contribution in [0.5, 0.6) is 0 Å².